The van der Waals surface area contributed by atoms with E-state index >= 15 is 0 Å². The SMILES string of the molecule is COc1ccc(C2(c3ccc(OC)cc3)NC(=O)N(CN3CCC[C@@H](C)C3)C2=O)cc1. The number of amides is 3. The molecule has 7 heteroatoms. The quantitative estimate of drug-likeness (QED) is 0.723. The fraction of sp³-hybridized carbons (Fsp3) is 0.417. The lowest BCUT2D eigenvalue weighted by atomic mass is 9.82. The predicted octanol–water partition coefficient (Wildman–Crippen LogP) is 3.19. The summed E-state index contributed by atoms with van der Waals surface area (Å²) >= 11 is 0. The number of piperidine rings is 1. The summed E-state index contributed by atoms with van der Waals surface area (Å²) < 4.78 is 10.5. The molecule has 0 unspecified atom stereocenters. The van der Waals surface area contributed by atoms with Crippen LogP contribution >= 0.6 is 0 Å². The number of methoxy groups -OCH3 is 2. The van der Waals surface area contributed by atoms with Gasteiger partial charge in [0, 0.05) is 6.54 Å². The summed E-state index contributed by atoms with van der Waals surface area (Å²) in [6.45, 7) is 4.27. The second kappa shape index (κ2) is 8.59. The molecule has 2 saturated heterocycles. The topological polar surface area (TPSA) is 71.1 Å². The molecule has 0 radical (unpaired) electrons. The number of hydrogen-bond acceptors (Lipinski definition) is 5. The van der Waals surface area contributed by atoms with Gasteiger partial charge in [0.2, 0.25) is 0 Å². The van der Waals surface area contributed by atoms with Crippen molar-refractivity contribution >= 4 is 11.9 Å². The zero-order valence-electron chi connectivity index (χ0n) is 18.3. The maximum Gasteiger partial charge on any atom is 0.326 e. The molecule has 1 N–H and O–H groups in total. The van der Waals surface area contributed by atoms with E-state index in [1.54, 1.807) is 38.5 Å². The molecule has 0 saturated carbocycles. The maximum absolute atomic E-state index is 13.9. The number of rotatable bonds is 6. The van der Waals surface area contributed by atoms with Gasteiger partial charge >= 0.3 is 6.03 Å². The van der Waals surface area contributed by atoms with Crippen molar-refractivity contribution in [1.29, 1.82) is 0 Å². The van der Waals surface area contributed by atoms with E-state index in [1.165, 1.54) is 11.3 Å². The van der Waals surface area contributed by atoms with Crippen LogP contribution in [0.5, 0.6) is 11.5 Å². The maximum atomic E-state index is 13.9. The van der Waals surface area contributed by atoms with E-state index in [9.17, 15) is 9.59 Å². The van der Waals surface area contributed by atoms with Crippen molar-refractivity contribution in [3.63, 3.8) is 0 Å². The molecule has 164 valence electrons. The number of nitrogens with one attached hydrogen (secondary N) is 1. The highest BCUT2D eigenvalue weighted by Crippen LogP contribution is 2.37. The van der Waals surface area contributed by atoms with Crippen molar-refractivity contribution in [3.05, 3.63) is 59.7 Å². The van der Waals surface area contributed by atoms with Crippen LogP contribution in [0.4, 0.5) is 4.79 Å². The third-order valence-corrected chi connectivity index (χ3v) is 6.23. The van der Waals surface area contributed by atoms with Gasteiger partial charge in [-0.15, -0.1) is 0 Å². The zero-order valence-corrected chi connectivity index (χ0v) is 18.3. The Labute approximate surface area is 182 Å². The Kier molecular flexibility index (Phi) is 5.87. The highest BCUT2D eigenvalue weighted by Gasteiger charge is 2.54. The molecular weight excluding hydrogens is 394 g/mol. The fourth-order valence-corrected chi connectivity index (χ4v) is 4.56. The van der Waals surface area contributed by atoms with Gasteiger partial charge in [0.15, 0.2) is 5.54 Å². The molecule has 2 aliphatic rings. The summed E-state index contributed by atoms with van der Waals surface area (Å²) in [4.78, 5) is 30.4. The normalized spacial score (nSPS) is 21.1. The highest BCUT2D eigenvalue weighted by molar-refractivity contribution is 6.09. The smallest absolute Gasteiger partial charge is 0.326 e. The van der Waals surface area contributed by atoms with Crippen molar-refractivity contribution in [2.75, 3.05) is 34.0 Å². The number of benzene rings is 2. The molecule has 0 aromatic heterocycles. The molecule has 2 fully saturated rings. The molecule has 2 heterocycles. The van der Waals surface area contributed by atoms with E-state index in [0.717, 1.165) is 19.5 Å². The molecule has 0 bridgehead atoms. The summed E-state index contributed by atoms with van der Waals surface area (Å²) in [5.74, 6) is 1.66. The molecule has 3 amide bonds. The minimum atomic E-state index is -1.29. The summed E-state index contributed by atoms with van der Waals surface area (Å²) in [5, 5.41) is 3.00. The standard InChI is InChI=1S/C24H29N3O4/c1-17-5-4-14-26(15-17)16-27-22(28)24(25-23(27)29,18-6-10-20(30-2)11-7-18)19-8-12-21(31-3)13-9-19/h6-13,17H,4-5,14-16H2,1-3H3,(H,25,29)/t17-/m1/s1. The Morgan fingerprint density at radius 3 is 2.00 bits per heavy atom. The van der Waals surface area contributed by atoms with Crippen molar-refractivity contribution in [1.82, 2.24) is 15.1 Å². The monoisotopic (exact) mass is 423 g/mol. The molecular formula is C24H29N3O4. The average Bonchev–Trinajstić information content (AvgIpc) is 3.05. The first kappa shape index (κ1) is 21.2. The van der Waals surface area contributed by atoms with Crippen LogP contribution in [0.15, 0.2) is 48.5 Å². The van der Waals surface area contributed by atoms with Gasteiger partial charge in [-0.25, -0.2) is 9.69 Å². The van der Waals surface area contributed by atoms with Crippen LogP contribution in [-0.2, 0) is 10.3 Å². The Hall–Kier alpha value is -3.06. The van der Waals surface area contributed by atoms with E-state index < -0.39 is 5.54 Å². The molecule has 1 atom stereocenters. The molecule has 4 rings (SSSR count). The number of carbonyl (C=O) groups excluding carboxylic acids is 2. The summed E-state index contributed by atoms with van der Waals surface area (Å²) in [7, 11) is 3.19. The van der Waals surface area contributed by atoms with Gasteiger partial charge in [-0.3, -0.25) is 9.69 Å². The third kappa shape index (κ3) is 3.85. The van der Waals surface area contributed by atoms with Crippen LogP contribution in [0.2, 0.25) is 0 Å². The lowest BCUT2D eigenvalue weighted by Gasteiger charge is -2.33. The number of hydrogen-bond donors (Lipinski definition) is 1. The fourth-order valence-electron chi connectivity index (χ4n) is 4.56. The molecule has 7 nitrogen and oxygen atoms in total. The van der Waals surface area contributed by atoms with E-state index in [4.69, 9.17) is 9.47 Å². The Morgan fingerprint density at radius 2 is 1.52 bits per heavy atom. The van der Waals surface area contributed by atoms with E-state index in [-0.39, 0.29) is 11.9 Å². The minimum absolute atomic E-state index is 0.272. The van der Waals surface area contributed by atoms with Crippen molar-refractivity contribution in [2.45, 2.75) is 25.3 Å². The minimum Gasteiger partial charge on any atom is -0.497 e. The number of carbonyl (C=O) groups is 2. The molecule has 0 aliphatic carbocycles. The average molecular weight is 424 g/mol. The van der Waals surface area contributed by atoms with Gasteiger partial charge < -0.3 is 14.8 Å². The lowest BCUT2D eigenvalue weighted by molar-refractivity contribution is -0.132. The van der Waals surface area contributed by atoms with Crippen molar-refractivity contribution in [2.24, 2.45) is 5.92 Å². The van der Waals surface area contributed by atoms with E-state index in [2.05, 4.69) is 17.1 Å². The van der Waals surface area contributed by atoms with Gasteiger partial charge in [-0.05, 0) is 60.7 Å². The van der Waals surface area contributed by atoms with E-state index in [1.807, 2.05) is 24.3 Å². The summed E-state index contributed by atoms with van der Waals surface area (Å²) in [6, 6.07) is 14.1. The number of imide groups is 1. The third-order valence-electron chi connectivity index (χ3n) is 6.23. The van der Waals surface area contributed by atoms with Gasteiger partial charge in [0.25, 0.3) is 5.91 Å². The van der Waals surface area contributed by atoms with Gasteiger partial charge in [0.1, 0.15) is 11.5 Å². The largest absolute Gasteiger partial charge is 0.497 e. The van der Waals surface area contributed by atoms with Crippen LogP contribution in [0.3, 0.4) is 0 Å². The first-order valence-corrected chi connectivity index (χ1v) is 10.6. The number of likely N-dealkylation sites (tertiary alicyclic amines) is 1. The van der Waals surface area contributed by atoms with Crippen LogP contribution < -0.4 is 14.8 Å². The Balaban J connectivity index is 1.73. The predicted molar refractivity (Wildman–Crippen MR) is 117 cm³/mol. The van der Waals surface area contributed by atoms with E-state index in [0.29, 0.717) is 35.2 Å². The highest BCUT2D eigenvalue weighted by atomic mass is 16.5. The second-order valence-corrected chi connectivity index (χ2v) is 8.34. The van der Waals surface area contributed by atoms with Crippen LogP contribution in [-0.4, -0.2) is 55.7 Å². The summed E-state index contributed by atoms with van der Waals surface area (Å²) in [6.07, 6.45) is 2.26. The Morgan fingerprint density at radius 1 is 0.968 bits per heavy atom. The van der Waals surface area contributed by atoms with Crippen LogP contribution in [0.1, 0.15) is 30.9 Å². The van der Waals surface area contributed by atoms with Crippen LogP contribution in [0.25, 0.3) is 0 Å². The van der Waals surface area contributed by atoms with Gasteiger partial charge in [-0.2, -0.15) is 0 Å². The molecule has 0 spiro atoms. The first-order chi connectivity index (χ1) is 15.0. The molecule has 2 aliphatic heterocycles. The van der Waals surface area contributed by atoms with Crippen molar-refractivity contribution in [3.8, 4) is 11.5 Å². The molecule has 2 aromatic carbocycles. The molecule has 2 aromatic rings. The van der Waals surface area contributed by atoms with Crippen LogP contribution in [0, 0.1) is 5.92 Å². The number of nitrogens with zero attached hydrogens (tertiary/aromatic N) is 2. The zero-order chi connectivity index (χ0) is 22.0. The first-order valence-electron chi connectivity index (χ1n) is 10.6. The second-order valence-electron chi connectivity index (χ2n) is 8.34. The van der Waals surface area contributed by atoms with Crippen molar-refractivity contribution < 1.29 is 19.1 Å². The number of ether oxygens (including phenoxy) is 2. The Bertz CT molecular complexity index is 895. The van der Waals surface area contributed by atoms with Gasteiger partial charge in [0.05, 0.1) is 20.9 Å². The van der Waals surface area contributed by atoms with Gasteiger partial charge in [-0.1, -0.05) is 31.2 Å². The molecule has 31 heavy (non-hydrogen) atoms. The summed E-state index contributed by atoms with van der Waals surface area (Å²) in [5.41, 5.74) is 0.0782. The number of urea groups is 1. The lowest BCUT2D eigenvalue weighted by Crippen LogP contribution is -2.47.